The summed E-state index contributed by atoms with van der Waals surface area (Å²) in [5.74, 6) is -0.643. The highest BCUT2D eigenvalue weighted by Gasteiger charge is 2.45. The number of phenols is 2. The standard InChI is InChI=1S/C26H28O5S/c1-15-7-9-16(10-8-15)32(31)14-19(28)26(4)12-5-6-17-21(26)24(30)22-20(23(17)29)18(27)11-13-25(22,2)3/h5,7-13,19,28-30H,6,14H2,1-4H3/t19-,26?,32-/m1/s1. The Balaban J connectivity index is 1.82. The van der Waals surface area contributed by atoms with Crippen LogP contribution in [0.5, 0.6) is 11.5 Å². The monoisotopic (exact) mass is 452 g/mol. The molecular formula is C26H28O5S. The van der Waals surface area contributed by atoms with E-state index in [1.54, 1.807) is 37.3 Å². The number of aryl methyl sites for hydroxylation is 1. The van der Waals surface area contributed by atoms with Crippen molar-refractivity contribution in [3.63, 3.8) is 0 Å². The van der Waals surface area contributed by atoms with Gasteiger partial charge in [-0.1, -0.05) is 49.8 Å². The summed E-state index contributed by atoms with van der Waals surface area (Å²) in [7, 11) is -1.45. The first-order valence-corrected chi connectivity index (χ1v) is 12.0. The lowest BCUT2D eigenvalue weighted by atomic mass is 9.66. The van der Waals surface area contributed by atoms with Crippen molar-refractivity contribution in [3.8, 4) is 11.5 Å². The fraction of sp³-hybridized carbons (Fsp3) is 0.346. The van der Waals surface area contributed by atoms with Crippen LogP contribution in [0.2, 0.25) is 0 Å². The van der Waals surface area contributed by atoms with Crippen molar-refractivity contribution in [2.24, 2.45) is 0 Å². The van der Waals surface area contributed by atoms with Crippen LogP contribution >= 0.6 is 0 Å². The number of carbonyl (C=O) groups excluding carboxylic acids is 1. The van der Waals surface area contributed by atoms with Crippen molar-refractivity contribution >= 4 is 16.6 Å². The number of allylic oxidation sites excluding steroid dienone is 3. The van der Waals surface area contributed by atoms with Crippen LogP contribution in [-0.4, -0.2) is 37.2 Å². The molecular weight excluding hydrogens is 424 g/mol. The van der Waals surface area contributed by atoms with Gasteiger partial charge in [0, 0.05) is 32.4 Å². The van der Waals surface area contributed by atoms with Crippen LogP contribution in [-0.2, 0) is 28.1 Å². The van der Waals surface area contributed by atoms with E-state index in [0.717, 1.165) is 5.56 Å². The Bertz CT molecular complexity index is 1190. The Morgan fingerprint density at radius 2 is 1.69 bits per heavy atom. The van der Waals surface area contributed by atoms with Gasteiger partial charge in [0.15, 0.2) is 5.78 Å². The smallest absolute Gasteiger partial charge is 0.189 e. The molecule has 0 saturated carbocycles. The molecule has 32 heavy (non-hydrogen) atoms. The van der Waals surface area contributed by atoms with Crippen molar-refractivity contribution in [1.29, 1.82) is 0 Å². The van der Waals surface area contributed by atoms with Crippen molar-refractivity contribution in [2.75, 3.05) is 5.75 Å². The summed E-state index contributed by atoms with van der Waals surface area (Å²) in [6.45, 7) is 7.43. The van der Waals surface area contributed by atoms with Gasteiger partial charge in [0.25, 0.3) is 0 Å². The molecule has 0 aliphatic heterocycles. The molecule has 2 aromatic rings. The van der Waals surface area contributed by atoms with Crippen molar-refractivity contribution < 1.29 is 24.3 Å². The molecule has 3 N–H and O–H groups in total. The lowest BCUT2D eigenvalue weighted by molar-refractivity contribution is 0.103. The maximum Gasteiger partial charge on any atom is 0.189 e. The molecule has 4 rings (SSSR count). The normalized spacial score (nSPS) is 22.8. The van der Waals surface area contributed by atoms with E-state index in [-0.39, 0.29) is 28.6 Å². The SMILES string of the molecule is Cc1ccc([S@](=O)C[C@@H](O)C2(C)C=CCc3c(O)c4c(c(O)c32)C(C)(C)C=CC4=O)cc1. The average molecular weight is 453 g/mol. The molecule has 0 heterocycles. The fourth-order valence-corrected chi connectivity index (χ4v) is 6.02. The Kier molecular flexibility index (Phi) is 5.42. The van der Waals surface area contributed by atoms with Crippen LogP contribution < -0.4 is 0 Å². The van der Waals surface area contributed by atoms with E-state index in [0.29, 0.717) is 28.0 Å². The van der Waals surface area contributed by atoms with Gasteiger partial charge in [-0.2, -0.15) is 0 Å². The minimum absolute atomic E-state index is 0.0388. The third kappa shape index (κ3) is 3.42. The second-order valence-electron chi connectivity index (χ2n) is 9.45. The van der Waals surface area contributed by atoms with Crippen molar-refractivity contribution in [1.82, 2.24) is 0 Å². The number of aliphatic hydroxyl groups is 1. The molecule has 2 aliphatic carbocycles. The minimum atomic E-state index is -1.45. The third-order valence-electron chi connectivity index (χ3n) is 6.70. The summed E-state index contributed by atoms with van der Waals surface area (Å²) in [4.78, 5) is 13.2. The molecule has 0 saturated heterocycles. The van der Waals surface area contributed by atoms with E-state index in [1.165, 1.54) is 6.08 Å². The van der Waals surface area contributed by atoms with E-state index in [9.17, 15) is 24.3 Å². The van der Waals surface area contributed by atoms with E-state index in [4.69, 9.17) is 0 Å². The van der Waals surface area contributed by atoms with Crippen LogP contribution in [0, 0.1) is 6.92 Å². The van der Waals surface area contributed by atoms with Gasteiger partial charge in [0.2, 0.25) is 0 Å². The lowest BCUT2D eigenvalue weighted by Gasteiger charge is -2.40. The van der Waals surface area contributed by atoms with Gasteiger partial charge in [0.05, 0.1) is 28.2 Å². The second-order valence-corrected chi connectivity index (χ2v) is 10.9. The Hall–Kier alpha value is -2.70. The summed E-state index contributed by atoms with van der Waals surface area (Å²) >= 11 is 0. The van der Waals surface area contributed by atoms with Gasteiger partial charge >= 0.3 is 0 Å². The highest BCUT2D eigenvalue weighted by Crippen LogP contribution is 2.52. The minimum Gasteiger partial charge on any atom is -0.507 e. The maximum absolute atomic E-state index is 13.0. The summed E-state index contributed by atoms with van der Waals surface area (Å²) in [5.41, 5.74) is 0.562. The zero-order valence-electron chi connectivity index (χ0n) is 18.7. The van der Waals surface area contributed by atoms with Crippen molar-refractivity contribution in [3.05, 3.63) is 76.4 Å². The zero-order chi connectivity index (χ0) is 23.4. The molecule has 1 unspecified atom stereocenters. The van der Waals surface area contributed by atoms with Crippen LogP contribution in [0.3, 0.4) is 0 Å². The molecule has 2 aliphatic rings. The molecule has 0 radical (unpaired) electrons. The lowest BCUT2D eigenvalue weighted by Crippen LogP contribution is -2.41. The summed E-state index contributed by atoms with van der Waals surface area (Å²) < 4.78 is 13.0. The number of hydrogen-bond donors (Lipinski definition) is 3. The molecule has 2 aromatic carbocycles. The van der Waals surface area contributed by atoms with Gasteiger partial charge in [0.1, 0.15) is 11.5 Å². The molecule has 0 fully saturated rings. The maximum atomic E-state index is 13.0. The number of rotatable bonds is 4. The molecule has 5 nitrogen and oxygen atoms in total. The number of phenolic OH excluding ortho intramolecular Hbond substituents is 2. The second kappa shape index (κ2) is 7.71. The number of aromatic hydroxyl groups is 2. The number of ketones is 1. The van der Waals surface area contributed by atoms with E-state index >= 15 is 0 Å². The fourth-order valence-electron chi connectivity index (χ4n) is 4.76. The Morgan fingerprint density at radius 3 is 2.34 bits per heavy atom. The highest BCUT2D eigenvalue weighted by molar-refractivity contribution is 7.85. The molecule has 6 heteroatoms. The van der Waals surface area contributed by atoms with Gasteiger partial charge in [-0.15, -0.1) is 0 Å². The first-order valence-electron chi connectivity index (χ1n) is 10.6. The van der Waals surface area contributed by atoms with Crippen molar-refractivity contribution in [2.45, 2.75) is 55.9 Å². The number of hydrogen-bond acceptors (Lipinski definition) is 5. The molecule has 168 valence electrons. The first-order chi connectivity index (χ1) is 15.0. The zero-order valence-corrected chi connectivity index (χ0v) is 19.5. The molecule has 3 atom stereocenters. The summed E-state index contributed by atoms with van der Waals surface area (Å²) in [6.07, 6.45) is 5.96. The van der Waals surface area contributed by atoms with Gasteiger partial charge in [-0.3, -0.25) is 9.00 Å². The number of aliphatic hydroxyl groups excluding tert-OH is 1. The Labute approximate surface area is 190 Å². The summed E-state index contributed by atoms with van der Waals surface area (Å²) in [6, 6.07) is 7.32. The average Bonchev–Trinajstić information content (AvgIpc) is 2.73. The quantitative estimate of drug-likeness (QED) is 0.482. The Morgan fingerprint density at radius 1 is 1.03 bits per heavy atom. The third-order valence-corrected chi connectivity index (χ3v) is 8.12. The van der Waals surface area contributed by atoms with Crippen LogP contribution in [0.1, 0.15) is 53.4 Å². The predicted molar refractivity (Wildman–Crippen MR) is 125 cm³/mol. The molecule has 0 amide bonds. The number of benzene rings is 2. The van der Waals surface area contributed by atoms with E-state index in [1.807, 2.05) is 32.9 Å². The molecule has 0 bridgehead atoms. The van der Waals surface area contributed by atoms with Gasteiger partial charge in [-0.25, -0.2) is 0 Å². The van der Waals surface area contributed by atoms with Crippen LogP contribution in [0.15, 0.2) is 53.5 Å². The van der Waals surface area contributed by atoms with Gasteiger partial charge < -0.3 is 15.3 Å². The van der Waals surface area contributed by atoms with E-state index in [2.05, 4.69) is 0 Å². The predicted octanol–water partition coefficient (Wildman–Crippen LogP) is 3.98. The largest absolute Gasteiger partial charge is 0.507 e. The first kappa shape index (κ1) is 22.5. The van der Waals surface area contributed by atoms with Gasteiger partial charge in [-0.05, 0) is 38.5 Å². The number of fused-ring (bicyclic) bond motifs is 2. The van der Waals surface area contributed by atoms with Crippen LogP contribution in [0.4, 0.5) is 0 Å². The molecule has 0 aromatic heterocycles. The number of carbonyl (C=O) groups is 1. The molecule has 0 spiro atoms. The van der Waals surface area contributed by atoms with Crippen LogP contribution in [0.25, 0.3) is 0 Å². The topological polar surface area (TPSA) is 94.8 Å². The highest BCUT2D eigenvalue weighted by atomic mass is 32.2. The van der Waals surface area contributed by atoms with E-state index < -0.39 is 27.7 Å². The summed E-state index contributed by atoms with van der Waals surface area (Å²) in [5, 5.41) is 33.7.